The Kier molecular flexibility index (Phi) is 6.60. The predicted molar refractivity (Wildman–Crippen MR) is 101 cm³/mol. The second-order valence-corrected chi connectivity index (χ2v) is 6.83. The molecule has 1 aromatic carbocycles. The zero-order valence-corrected chi connectivity index (χ0v) is 15.9. The fourth-order valence-electron chi connectivity index (χ4n) is 2.80. The van der Waals surface area contributed by atoms with Crippen molar-refractivity contribution in [1.82, 2.24) is 5.32 Å². The number of amides is 1. The third kappa shape index (κ3) is 5.09. The molecule has 27 heavy (non-hydrogen) atoms. The number of aryl methyl sites for hydroxylation is 1. The molecule has 0 aliphatic carbocycles. The minimum absolute atomic E-state index is 0.259. The average molecular weight is 375 g/mol. The van der Waals surface area contributed by atoms with E-state index in [-0.39, 0.29) is 5.92 Å². The molecule has 146 valence electrons. The first-order chi connectivity index (χ1) is 12.7. The highest BCUT2D eigenvalue weighted by molar-refractivity contribution is 5.86. The van der Waals surface area contributed by atoms with Crippen molar-refractivity contribution < 1.29 is 23.8 Å². The van der Waals surface area contributed by atoms with Crippen molar-refractivity contribution in [1.29, 1.82) is 0 Å². The summed E-state index contributed by atoms with van der Waals surface area (Å²) in [6, 6.07) is 5.55. The molecule has 0 spiro atoms. The van der Waals surface area contributed by atoms with Crippen LogP contribution >= 0.6 is 0 Å². The van der Waals surface area contributed by atoms with Gasteiger partial charge in [0, 0.05) is 17.5 Å². The van der Waals surface area contributed by atoms with Gasteiger partial charge in [-0.3, -0.25) is 4.79 Å². The van der Waals surface area contributed by atoms with Crippen LogP contribution in [0.1, 0.15) is 39.7 Å². The van der Waals surface area contributed by atoms with Crippen molar-refractivity contribution in [3.8, 4) is 5.75 Å². The van der Waals surface area contributed by atoms with Gasteiger partial charge in [0.15, 0.2) is 6.10 Å². The average Bonchev–Trinajstić information content (AvgIpc) is 2.58. The fourth-order valence-corrected chi connectivity index (χ4v) is 2.80. The Balaban J connectivity index is 2.19. The van der Waals surface area contributed by atoms with Crippen LogP contribution in [-0.2, 0) is 16.0 Å². The van der Waals surface area contributed by atoms with Gasteiger partial charge in [-0.25, -0.2) is 9.59 Å². The molecule has 0 fully saturated rings. The van der Waals surface area contributed by atoms with E-state index in [1.165, 1.54) is 13.0 Å². The lowest BCUT2D eigenvalue weighted by Gasteiger charge is -2.21. The van der Waals surface area contributed by atoms with E-state index in [9.17, 15) is 19.5 Å². The second-order valence-electron chi connectivity index (χ2n) is 6.83. The zero-order valence-electron chi connectivity index (χ0n) is 15.9. The molecular formula is C20H25NO6. The van der Waals surface area contributed by atoms with Gasteiger partial charge in [0.25, 0.3) is 5.91 Å². The van der Waals surface area contributed by atoms with E-state index in [1.807, 2.05) is 6.92 Å². The van der Waals surface area contributed by atoms with Crippen LogP contribution in [0.3, 0.4) is 0 Å². The lowest BCUT2D eigenvalue weighted by atomic mass is 10.0. The highest BCUT2D eigenvalue weighted by Crippen LogP contribution is 2.24. The van der Waals surface area contributed by atoms with E-state index in [4.69, 9.17) is 9.15 Å². The number of hydrogen-bond donors (Lipinski definition) is 2. The van der Waals surface area contributed by atoms with E-state index in [1.54, 1.807) is 32.0 Å². The third-order valence-electron chi connectivity index (χ3n) is 4.23. The van der Waals surface area contributed by atoms with Crippen molar-refractivity contribution in [3.63, 3.8) is 0 Å². The Morgan fingerprint density at radius 2 is 1.93 bits per heavy atom. The molecule has 0 bridgehead atoms. The van der Waals surface area contributed by atoms with Gasteiger partial charge >= 0.3 is 11.6 Å². The van der Waals surface area contributed by atoms with E-state index >= 15 is 0 Å². The predicted octanol–water partition coefficient (Wildman–Crippen LogP) is 2.74. The standard InChI is InChI=1S/C20H25NO6/c1-5-6-13-9-17(22)27-16-10-14(7-8-15(13)16)26-12(4)19(23)21-18(11(2)3)20(24)25/h7-12,18H,5-6H2,1-4H3,(H,21,23)(H,24,25). The molecule has 0 aliphatic rings. The number of rotatable bonds is 8. The van der Waals surface area contributed by atoms with Crippen LogP contribution in [0.25, 0.3) is 11.0 Å². The van der Waals surface area contributed by atoms with Crippen molar-refractivity contribution in [2.45, 2.75) is 52.7 Å². The fraction of sp³-hybridized carbons (Fsp3) is 0.450. The van der Waals surface area contributed by atoms with E-state index < -0.39 is 29.6 Å². The van der Waals surface area contributed by atoms with Gasteiger partial charge in [-0.15, -0.1) is 0 Å². The van der Waals surface area contributed by atoms with Crippen LogP contribution in [0.15, 0.2) is 33.5 Å². The van der Waals surface area contributed by atoms with Gasteiger partial charge in [-0.1, -0.05) is 27.2 Å². The molecule has 2 atom stereocenters. The number of nitrogens with one attached hydrogen (secondary N) is 1. The van der Waals surface area contributed by atoms with Crippen LogP contribution in [-0.4, -0.2) is 29.1 Å². The van der Waals surface area contributed by atoms with E-state index in [2.05, 4.69) is 5.32 Å². The zero-order chi connectivity index (χ0) is 20.1. The van der Waals surface area contributed by atoms with Gasteiger partial charge in [0.05, 0.1) is 0 Å². The van der Waals surface area contributed by atoms with Crippen LogP contribution in [0.2, 0.25) is 0 Å². The molecule has 0 saturated heterocycles. The SMILES string of the molecule is CCCc1cc(=O)oc2cc(OC(C)C(=O)NC(C(=O)O)C(C)C)ccc12. The summed E-state index contributed by atoms with van der Waals surface area (Å²) in [6.07, 6.45) is 0.746. The Morgan fingerprint density at radius 3 is 2.52 bits per heavy atom. The number of carbonyl (C=O) groups is 2. The van der Waals surface area contributed by atoms with Crippen LogP contribution in [0.5, 0.6) is 5.75 Å². The largest absolute Gasteiger partial charge is 0.481 e. The van der Waals surface area contributed by atoms with Gasteiger partial charge in [0.2, 0.25) is 0 Å². The number of benzene rings is 1. The van der Waals surface area contributed by atoms with Gasteiger partial charge in [0.1, 0.15) is 17.4 Å². The highest BCUT2D eigenvalue weighted by atomic mass is 16.5. The summed E-state index contributed by atoms with van der Waals surface area (Å²) < 4.78 is 10.9. The van der Waals surface area contributed by atoms with Crippen molar-refractivity contribution in [2.24, 2.45) is 5.92 Å². The smallest absolute Gasteiger partial charge is 0.336 e. The summed E-state index contributed by atoms with van der Waals surface area (Å²) in [7, 11) is 0. The number of carboxylic acids is 1. The van der Waals surface area contributed by atoms with Crippen molar-refractivity contribution in [2.75, 3.05) is 0 Å². The first-order valence-corrected chi connectivity index (χ1v) is 8.99. The second kappa shape index (κ2) is 8.70. The number of aliphatic carboxylic acids is 1. The molecule has 0 saturated carbocycles. The van der Waals surface area contributed by atoms with Crippen LogP contribution in [0, 0.1) is 5.92 Å². The Bertz CT molecular complexity index is 886. The maximum Gasteiger partial charge on any atom is 0.336 e. The summed E-state index contributed by atoms with van der Waals surface area (Å²) in [5, 5.41) is 12.5. The lowest BCUT2D eigenvalue weighted by molar-refractivity contribution is -0.144. The molecule has 2 aromatic rings. The van der Waals surface area contributed by atoms with Gasteiger partial charge < -0.3 is 19.6 Å². The maximum absolute atomic E-state index is 12.3. The number of fused-ring (bicyclic) bond motifs is 1. The third-order valence-corrected chi connectivity index (χ3v) is 4.23. The Hall–Kier alpha value is -2.83. The molecule has 2 rings (SSSR count). The minimum atomic E-state index is -1.10. The topological polar surface area (TPSA) is 106 Å². The first kappa shape index (κ1) is 20.5. The van der Waals surface area contributed by atoms with Gasteiger partial charge in [-0.2, -0.15) is 0 Å². The molecule has 7 heteroatoms. The summed E-state index contributed by atoms with van der Waals surface area (Å²) in [5.41, 5.74) is 0.860. The number of carbonyl (C=O) groups excluding carboxylic acids is 1. The van der Waals surface area contributed by atoms with E-state index in [0.717, 1.165) is 23.8 Å². The molecule has 7 nitrogen and oxygen atoms in total. The number of hydrogen-bond acceptors (Lipinski definition) is 5. The minimum Gasteiger partial charge on any atom is -0.481 e. The Labute approximate surface area is 157 Å². The number of ether oxygens (including phenoxy) is 1. The van der Waals surface area contributed by atoms with Crippen molar-refractivity contribution in [3.05, 3.63) is 40.2 Å². The van der Waals surface area contributed by atoms with E-state index in [0.29, 0.717) is 11.3 Å². The van der Waals surface area contributed by atoms with Gasteiger partial charge in [-0.05, 0) is 37.0 Å². The van der Waals surface area contributed by atoms with Crippen molar-refractivity contribution >= 4 is 22.8 Å². The molecule has 2 unspecified atom stereocenters. The molecular weight excluding hydrogens is 350 g/mol. The molecule has 2 N–H and O–H groups in total. The number of carboxylic acid groups (broad SMARTS) is 1. The summed E-state index contributed by atoms with van der Waals surface area (Å²) in [4.78, 5) is 35.2. The summed E-state index contributed by atoms with van der Waals surface area (Å²) in [6.45, 7) is 6.98. The highest BCUT2D eigenvalue weighted by Gasteiger charge is 2.26. The monoisotopic (exact) mass is 375 g/mol. The molecule has 1 aromatic heterocycles. The maximum atomic E-state index is 12.3. The Morgan fingerprint density at radius 1 is 1.22 bits per heavy atom. The summed E-state index contributed by atoms with van der Waals surface area (Å²) >= 11 is 0. The molecule has 1 amide bonds. The lowest BCUT2D eigenvalue weighted by Crippen LogP contribution is -2.48. The van der Waals surface area contributed by atoms with Crippen LogP contribution in [0.4, 0.5) is 0 Å². The summed E-state index contributed by atoms with van der Waals surface area (Å²) in [5.74, 6) is -1.53. The first-order valence-electron chi connectivity index (χ1n) is 8.99. The van der Waals surface area contributed by atoms with Crippen LogP contribution < -0.4 is 15.7 Å². The molecule has 0 aliphatic heterocycles. The normalized spacial score (nSPS) is 13.4. The molecule has 0 radical (unpaired) electrons. The molecule has 1 heterocycles. The quantitative estimate of drug-likeness (QED) is 0.687.